The first kappa shape index (κ1) is 22.4. The van der Waals surface area contributed by atoms with Gasteiger partial charge in [0.15, 0.2) is 0 Å². The van der Waals surface area contributed by atoms with Gasteiger partial charge in [-0.05, 0) is 27.9 Å². The fourth-order valence-corrected chi connectivity index (χ4v) is 8.75. The Morgan fingerprint density at radius 3 is 1.77 bits per heavy atom. The molecule has 0 radical (unpaired) electrons. The van der Waals surface area contributed by atoms with Crippen LogP contribution in [0.3, 0.4) is 0 Å². The second-order valence-corrected chi connectivity index (χ2v) is 12.9. The minimum Gasteiger partial charge on any atom is -0.403 e. The van der Waals surface area contributed by atoms with Crippen LogP contribution in [0.2, 0.25) is 5.04 Å². The molecule has 30 heavy (non-hydrogen) atoms. The maximum absolute atomic E-state index is 10.00. The number of hydrogen-bond donors (Lipinski definition) is 2. The average Bonchev–Trinajstić information content (AvgIpc) is 2.75. The molecule has 2 aromatic carbocycles. The number of rotatable bonds is 7. The molecule has 4 nitrogen and oxygen atoms in total. The van der Waals surface area contributed by atoms with E-state index in [9.17, 15) is 10.2 Å². The largest absolute Gasteiger partial charge is 0.403 e. The van der Waals surface area contributed by atoms with Gasteiger partial charge in [0.05, 0.1) is 19.8 Å². The molecule has 0 aliphatic rings. The normalized spacial score (nSPS) is 12.2. The smallest absolute Gasteiger partial charge is 0.261 e. The van der Waals surface area contributed by atoms with Crippen LogP contribution in [0.1, 0.15) is 43.2 Å². The van der Waals surface area contributed by atoms with Gasteiger partial charge in [0.25, 0.3) is 8.32 Å². The first-order chi connectivity index (χ1) is 14.3. The Morgan fingerprint density at radius 1 is 0.833 bits per heavy atom. The van der Waals surface area contributed by atoms with Crippen molar-refractivity contribution >= 4 is 18.7 Å². The van der Waals surface area contributed by atoms with E-state index in [0.29, 0.717) is 17.7 Å². The van der Waals surface area contributed by atoms with Crippen LogP contribution in [0, 0.1) is 6.92 Å². The molecule has 0 amide bonds. The van der Waals surface area contributed by atoms with E-state index in [2.05, 4.69) is 74.3 Å². The zero-order chi connectivity index (χ0) is 21.8. The third-order valence-corrected chi connectivity index (χ3v) is 10.8. The molecule has 0 saturated carbocycles. The number of aliphatic hydroxyl groups is 2. The van der Waals surface area contributed by atoms with Crippen molar-refractivity contribution in [1.82, 2.24) is 4.98 Å². The van der Waals surface area contributed by atoms with Gasteiger partial charge >= 0.3 is 0 Å². The molecule has 0 unspecified atom stereocenters. The van der Waals surface area contributed by atoms with Crippen LogP contribution in [0.4, 0.5) is 0 Å². The molecule has 0 atom stereocenters. The number of hydrogen-bond acceptors (Lipinski definition) is 4. The highest BCUT2D eigenvalue weighted by Crippen LogP contribution is 2.37. The van der Waals surface area contributed by atoms with Crippen molar-refractivity contribution in [3.8, 4) is 0 Å². The summed E-state index contributed by atoms with van der Waals surface area (Å²) in [6, 6.07) is 20.9. The number of nitrogens with zero attached hydrogens (tertiary/aromatic N) is 1. The maximum Gasteiger partial charge on any atom is 0.261 e. The van der Waals surface area contributed by atoms with E-state index in [4.69, 9.17) is 4.43 Å². The standard InChI is InChI=1S/C25H31NO3Si/c1-19-23(16-27)24(17-28)20(15-26-19)18-29-30(25(2,3)4,21-11-7-5-8-12-21)22-13-9-6-10-14-22/h5-15,27-28H,16-18H2,1-4H3. The maximum atomic E-state index is 10.00. The molecule has 0 spiro atoms. The third-order valence-electron chi connectivity index (χ3n) is 5.78. The van der Waals surface area contributed by atoms with Crippen molar-refractivity contribution in [2.45, 2.75) is 52.6 Å². The molecule has 1 heterocycles. The Kier molecular flexibility index (Phi) is 6.88. The van der Waals surface area contributed by atoms with Crippen molar-refractivity contribution in [3.63, 3.8) is 0 Å². The van der Waals surface area contributed by atoms with Crippen LogP contribution < -0.4 is 10.4 Å². The van der Waals surface area contributed by atoms with Gasteiger partial charge in [0, 0.05) is 23.0 Å². The molecular weight excluding hydrogens is 390 g/mol. The molecule has 0 bridgehead atoms. The molecule has 0 aliphatic carbocycles. The Balaban J connectivity index is 2.14. The zero-order valence-electron chi connectivity index (χ0n) is 18.2. The highest BCUT2D eigenvalue weighted by Gasteiger charge is 2.50. The van der Waals surface area contributed by atoms with E-state index in [1.807, 2.05) is 19.1 Å². The molecule has 0 fully saturated rings. The van der Waals surface area contributed by atoms with Gasteiger partial charge in [-0.2, -0.15) is 0 Å². The summed E-state index contributed by atoms with van der Waals surface area (Å²) >= 11 is 0. The van der Waals surface area contributed by atoms with Crippen LogP contribution in [-0.2, 0) is 24.2 Å². The lowest BCUT2D eigenvalue weighted by Crippen LogP contribution is -2.66. The fourth-order valence-electron chi connectivity index (χ4n) is 4.22. The number of aliphatic hydroxyl groups excluding tert-OH is 2. The molecular formula is C25H31NO3Si. The summed E-state index contributed by atoms with van der Waals surface area (Å²) < 4.78 is 6.94. The first-order valence-corrected chi connectivity index (χ1v) is 12.2. The molecule has 158 valence electrons. The van der Waals surface area contributed by atoms with Crippen molar-refractivity contribution in [2.75, 3.05) is 0 Å². The summed E-state index contributed by atoms with van der Waals surface area (Å²) in [7, 11) is -2.68. The van der Waals surface area contributed by atoms with E-state index in [0.717, 1.165) is 11.3 Å². The quantitative estimate of drug-likeness (QED) is 0.574. The summed E-state index contributed by atoms with van der Waals surface area (Å²) in [5.74, 6) is 0. The van der Waals surface area contributed by atoms with E-state index >= 15 is 0 Å². The first-order valence-electron chi connectivity index (χ1n) is 10.3. The topological polar surface area (TPSA) is 62.6 Å². The second kappa shape index (κ2) is 9.23. The van der Waals surface area contributed by atoms with E-state index in [1.165, 1.54) is 10.4 Å². The van der Waals surface area contributed by atoms with E-state index in [1.54, 1.807) is 6.20 Å². The number of benzene rings is 2. The van der Waals surface area contributed by atoms with E-state index in [-0.39, 0.29) is 18.3 Å². The Morgan fingerprint density at radius 2 is 1.33 bits per heavy atom. The van der Waals surface area contributed by atoms with Gasteiger partial charge in [-0.3, -0.25) is 4.98 Å². The minimum absolute atomic E-state index is 0.132. The van der Waals surface area contributed by atoms with Crippen molar-refractivity contribution in [1.29, 1.82) is 0 Å². The lowest BCUT2D eigenvalue weighted by atomic mass is 10.0. The van der Waals surface area contributed by atoms with Crippen LogP contribution in [0.15, 0.2) is 66.9 Å². The monoisotopic (exact) mass is 421 g/mol. The number of pyridine rings is 1. The summed E-state index contributed by atoms with van der Waals surface area (Å²) in [6.07, 6.45) is 1.76. The predicted molar refractivity (Wildman–Crippen MR) is 123 cm³/mol. The summed E-state index contributed by atoms with van der Waals surface area (Å²) in [5.41, 5.74) is 2.94. The van der Waals surface area contributed by atoms with Gasteiger partial charge in [-0.25, -0.2) is 0 Å². The lowest BCUT2D eigenvalue weighted by Gasteiger charge is -2.43. The van der Waals surface area contributed by atoms with Crippen molar-refractivity contribution in [3.05, 3.63) is 89.2 Å². The molecule has 0 saturated heterocycles. The summed E-state index contributed by atoms with van der Waals surface area (Å²) in [5, 5.41) is 22.1. The van der Waals surface area contributed by atoms with Crippen LogP contribution in [-0.4, -0.2) is 23.5 Å². The average molecular weight is 422 g/mol. The highest BCUT2D eigenvalue weighted by molar-refractivity contribution is 6.99. The van der Waals surface area contributed by atoms with E-state index < -0.39 is 8.32 Å². The fraction of sp³-hybridized carbons (Fsp3) is 0.320. The minimum atomic E-state index is -2.68. The Bertz CT molecular complexity index is 929. The second-order valence-electron chi connectivity index (χ2n) is 8.59. The SMILES string of the molecule is Cc1ncc(CO[Si](c2ccccc2)(c2ccccc2)C(C)(C)C)c(CO)c1CO. The van der Waals surface area contributed by atoms with Crippen molar-refractivity contribution in [2.24, 2.45) is 0 Å². The molecule has 1 aromatic heterocycles. The van der Waals surface area contributed by atoms with Gasteiger partial charge in [0.1, 0.15) is 0 Å². The Labute approximate surface area is 180 Å². The molecule has 2 N–H and O–H groups in total. The van der Waals surface area contributed by atoms with Gasteiger partial charge < -0.3 is 14.6 Å². The highest BCUT2D eigenvalue weighted by atomic mass is 28.4. The lowest BCUT2D eigenvalue weighted by molar-refractivity contribution is 0.248. The molecule has 0 aliphatic heterocycles. The third kappa shape index (κ3) is 4.11. The Hall–Kier alpha value is -2.31. The van der Waals surface area contributed by atoms with Gasteiger partial charge in [0.2, 0.25) is 0 Å². The molecule has 5 heteroatoms. The molecule has 3 rings (SSSR count). The van der Waals surface area contributed by atoms with Crippen molar-refractivity contribution < 1.29 is 14.6 Å². The molecule has 3 aromatic rings. The van der Waals surface area contributed by atoms with Gasteiger partial charge in [-0.15, -0.1) is 0 Å². The summed E-state index contributed by atoms with van der Waals surface area (Å²) in [6.45, 7) is 8.57. The van der Waals surface area contributed by atoms with Crippen LogP contribution in [0.25, 0.3) is 0 Å². The predicted octanol–water partition coefficient (Wildman–Crippen LogP) is 3.45. The number of aryl methyl sites for hydroxylation is 1. The number of aromatic nitrogens is 1. The van der Waals surface area contributed by atoms with Crippen LogP contribution in [0.5, 0.6) is 0 Å². The van der Waals surface area contributed by atoms with Gasteiger partial charge in [-0.1, -0.05) is 81.4 Å². The zero-order valence-corrected chi connectivity index (χ0v) is 19.2. The summed E-state index contributed by atoms with van der Waals surface area (Å²) in [4.78, 5) is 4.43. The van der Waals surface area contributed by atoms with Crippen LogP contribution >= 0.6 is 0 Å².